The van der Waals surface area contributed by atoms with Crippen LogP contribution in [0.15, 0.2) is 24.3 Å². The number of anilines is 1. The third-order valence-electron chi connectivity index (χ3n) is 4.70. The van der Waals surface area contributed by atoms with Crippen molar-refractivity contribution in [2.24, 2.45) is 0 Å². The maximum atomic E-state index is 12.6. The molecule has 0 unspecified atom stereocenters. The number of benzene rings is 1. The van der Waals surface area contributed by atoms with E-state index in [0.717, 1.165) is 13.0 Å². The van der Waals surface area contributed by atoms with Gasteiger partial charge in [-0.25, -0.2) is 0 Å². The minimum Gasteiger partial charge on any atom is -0.362 e. The monoisotopic (exact) mass is 301 g/mol. The Labute approximate surface area is 131 Å². The van der Waals surface area contributed by atoms with Crippen LogP contribution in [0.3, 0.4) is 0 Å². The fourth-order valence-electron chi connectivity index (χ4n) is 3.44. The third kappa shape index (κ3) is 2.80. The first-order chi connectivity index (χ1) is 10.6. The number of hydrogen-bond donors (Lipinski definition) is 0. The number of para-hydroxylation sites is 1. The lowest BCUT2D eigenvalue weighted by molar-refractivity contribution is -0.140. The van der Waals surface area contributed by atoms with Crippen LogP contribution < -0.4 is 4.90 Å². The van der Waals surface area contributed by atoms with E-state index in [4.69, 9.17) is 0 Å². The Morgan fingerprint density at radius 1 is 1.18 bits per heavy atom. The molecule has 0 aliphatic carbocycles. The highest BCUT2D eigenvalue weighted by Crippen LogP contribution is 2.27. The van der Waals surface area contributed by atoms with Crippen molar-refractivity contribution in [1.82, 2.24) is 9.80 Å². The van der Waals surface area contributed by atoms with E-state index < -0.39 is 0 Å². The number of amides is 2. The molecule has 2 aliphatic heterocycles. The summed E-state index contributed by atoms with van der Waals surface area (Å²) >= 11 is 0. The van der Waals surface area contributed by atoms with Gasteiger partial charge in [0.05, 0.1) is 6.54 Å². The Morgan fingerprint density at radius 3 is 2.68 bits per heavy atom. The highest BCUT2D eigenvalue weighted by atomic mass is 16.2. The van der Waals surface area contributed by atoms with Crippen LogP contribution in [0, 0.1) is 0 Å². The molecular formula is C17H23N3O2. The van der Waals surface area contributed by atoms with E-state index in [9.17, 15) is 9.59 Å². The van der Waals surface area contributed by atoms with E-state index in [2.05, 4.69) is 17.0 Å². The molecule has 2 aliphatic rings. The van der Waals surface area contributed by atoms with Crippen LogP contribution in [0.25, 0.3) is 0 Å². The average Bonchev–Trinajstić information content (AvgIpc) is 2.90. The van der Waals surface area contributed by atoms with Crippen LogP contribution in [0.1, 0.15) is 19.4 Å². The number of carbonyl (C=O) groups excluding carboxylic acids is 2. The maximum Gasteiger partial charge on any atom is 0.242 e. The summed E-state index contributed by atoms with van der Waals surface area (Å²) < 4.78 is 0. The summed E-state index contributed by atoms with van der Waals surface area (Å²) in [5.41, 5.74) is 2.51. The quantitative estimate of drug-likeness (QED) is 0.822. The minimum absolute atomic E-state index is 0.0861. The first kappa shape index (κ1) is 14.9. The summed E-state index contributed by atoms with van der Waals surface area (Å²) in [4.78, 5) is 30.0. The van der Waals surface area contributed by atoms with E-state index in [-0.39, 0.29) is 17.9 Å². The van der Waals surface area contributed by atoms with Crippen molar-refractivity contribution in [3.63, 3.8) is 0 Å². The van der Waals surface area contributed by atoms with Crippen molar-refractivity contribution in [3.8, 4) is 0 Å². The standard InChI is InChI=1S/C17H23N3O2/c1-13-11-18(14(2)21)9-10-20(13)17(22)12-19-8-7-15-5-3-4-6-16(15)19/h3-6,13H,7-12H2,1-2H3/t13-/m0/s1. The van der Waals surface area contributed by atoms with Crippen molar-refractivity contribution < 1.29 is 9.59 Å². The number of hydrogen-bond acceptors (Lipinski definition) is 3. The first-order valence-corrected chi connectivity index (χ1v) is 7.94. The van der Waals surface area contributed by atoms with Crippen molar-refractivity contribution in [2.75, 3.05) is 37.6 Å². The lowest BCUT2D eigenvalue weighted by Crippen LogP contribution is -2.56. The van der Waals surface area contributed by atoms with Crippen LogP contribution in [-0.2, 0) is 16.0 Å². The summed E-state index contributed by atoms with van der Waals surface area (Å²) in [5.74, 6) is 0.250. The predicted octanol–water partition coefficient (Wildman–Crippen LogP) is 1.13. The van der Waals surface area contributed by atoms with Gasteiger partial charge in [0, 0.05) is 44.8 Å². The SMILES string of the molecule is CC(=O)N1CCN(C(=O)CN2CCc3ccccc32)[C@@H](C)C1. The van der Waals surface area contributed by atoms with Crippen LogP contribution >= 0.6 is 0 Å². The van der Waals surface area contributed by atoms with E-state index in [0.29, 0.717) is 26.2 Å². The molecule has 1 fully saturated rings. The summed E-state index contributed by atoms with van der Waals surface area (Å²) in [6.45, 7) is 6.86. The van der Waals surface area contributed by atoms with Gasteiger partial charge in [-0.1, -0.05) is 18.2 Å². The maximum absolute atomic E-state index is 12.6. The summed E-state index contributed by atoms with van der Waals surface area (Å²) in [6, 6.07) is 8.38. The second-order valence-corrected chi connectivity index (χ2v) is 6.20. The van der Waals surface area contributed by atoms with E-state index >= 15 is 0 Å². The Bertz CT molecular complexity index is 587. The van der Waals surface area contributed by atoms with Gasteiger partial charge in [0.1, 0.15) is 0 Å². The molecule has 0 N–H and O–H groups in total. The Balaban J connectivity index is 1.63. The molecule has 0 bridgehead atoms. The first-order valence-electron chi connectivity index (χ1n) is 7.94. The number of piperazine rings is 1. The van der Waals surface area contributed by atoms with Gasteiger partial charge in [-0.15, -0.1) is 0 Å². The van der Waals surface area contributed by atoms with Crippen molar-refractivity contribution in [1.29, 1.82) is 0 Å². The second kappa shape index (κ2) is 5.99. The highest BCUT2D eigenvalue weighted by molar-refractivity contribution is 5.83. The van der Waals surface area contributed by atoms with Gasteiger partial charge in [-0.3, -0.25) is 9.59 Å². The molecular weight excluding hydrogens is 278 g/mol. The Kier molecular flexibility index (Phi) is 4.05. The zero-order valence-electron chi connectivity index (χ0n) is 13.3. The van der Waals surface area contributed by atoms with Gasteiger partial charge in [0.15, 0.2) is 0 Å². The molecule has 2 heterocycles. The average molecular weight is 301 g/mol. The molecule has 2 amide bonds. The number of fused-ring (bicyclic) bond motifs is 1. The lowest BCUT2D eigenvalue weighted by atomic mass is 10.1. The third-order valence-corrected chi connectivity index (χ3v) is 4.70. The fourth-order valence-corrected chi connectivity index (χ4v) is 3.44. The van der Waals surface area contributed by atoms with Crippen molar-refractivity contribution in [3.05, 3.63) is 29.8 Å². The van der Waals surface area contributed by atoms with Gasteiger partial charge in [0.2, 0.25) is 11.8 Å². The molecule has 1 aromatic rings. The van der Waals surface area contributed by atoms with Crippen LogP contribution in [0.5, 0.6) is 0 Å². The summed E-state index contributed by atoms with van der Waals surface area (Å²) in [5, 5.41) is 0. The van der Waals surface area contributed by atoms with E-state index in [1.165, 1.54) is 11.3 Å². The molecule has 0 spiro atoms. The smallest absolute Gasteiger partial charge is 0.242 e. The van der Waals surface area contributed by atoms with Crippen LogP contribution in [0.4, 0.5) is 5.69 Å². The number of nitrogens with zero attached hydrogens (tertiary/aromatic N) is 3. The van der Waals surface area contributed by atoms with E-state index in [1.54, 1.807) is 6.92 Å². The zero-order chi connectivity index (χ0) is 15.7. The highest BCUT2D eigenvalue weighted by Gasteiger charge is 2.30. The number of carbonyl (C=O) groups is 2. The van der Waals surface area contributed by atoms with Gasteiger partial charge in [-0.2, -0.15) is 0 Å². The Hall–Kier alpha value is -2.04. The van der Waals surface area contributed by atoms with Crippen LogP contribution in [-0.4, -0.2) is 60.4 Å². The topological polar surface area (TPSA) is 43.9 Å². The van der Waals surface area contributed by atoms with Crippen molar-refractivity contribution in [2.45, 2.75) is 26.3 Å². The molecule has 5 nitrogen and oxygen atoms in total. The Morgan fingerprint density at radius 2 is 1.95 bits per heavy atom. The van der Waals surface area contributed by atoms with Crippen molar-refractivity contribution >= 4 is 17.5 Å². The molecule has 0 radical (unpaired) electrons. The van der Waals surface area contributed by atoms with E-state index in [1.807, 2.05) is 28.9 Å². The lowest BCUT2D eigenvalue weighted by Gasteiger charge is -2.40. The summed E-state index contributed by atoms with van der Waals surface area (Å²) in [7, 11) is 0. The molecule has 0 saturated carbocycles. The van der Waals surface area contributed by atoms with Gasteiger partial charge >= 0.3 is 0 Å². The molecule has 1 saturated heterocycles. The normalized spacial score (nSPS) is 21.0. The minimum atomic E-state index is 0.0861. The fraction of sp³-hybridized carbons (Fsp3) is 0.529. The van der Waals surface area contributed by atoms with Gasteiger partial charge in [0.25, 0.3) is 0 Å². The van der Waals surface area contributed by atoms with Gasteiger partial charge in [-0.05, 0) is 25.0 Å². The molecule has 0 aromatic heterocycles. The molecule has 118 valence electrons. The largest absolute Gasteiger partial charge is 0.362 e. The molecule has 1 aromatic carbocycles. The van der Waals surface area contributed by atoms with Gasteiger partial charge < -0.3 is 14.7 Å². The number of rotatable bonds is 2. The zero-order valence-corrected chi connectivity index (χ0v) is 13.3. The second-order valence-electron chi connectivity index (χ2n) is 6.20. The molecule has 5 heteroatoms. The molecule has 3 rings (SSSR count). The predicted molar refractivity (Wildman–Crippen MR) is 85.8 cm³/mol. The van der Waals surface area contributed by atoms with Crippen LogP contribution in [0.2, 0.25) is 0 Å². The molecule has 1 atom stereocenters. The summed E-state index contributed by atoms with van der Waals surface area (Å²) in [6.07, 6.45) is 1.01. The molecule has 22 heavy (non-hydrogen) atoms.